The average molecular weight is 438 g/mol. The Morgan fingerprint density at radius 2 is 1.81 bits per heavy atom. The highest BCUT2D eigenvalue weighted by Crippen LogP contribution is 2.25. The minimum Gasteiger partial charge on any atom is -0.379 e. The SMILES string of the molecule is O=C(NCCN1CCOCC1)c1cn2cc(-c3cccnc3)nc(N3CCOCC3)c2n1. The Morgan fingerprint density at radius 3 is 2.56 bits per heavy atom. The lowest BCUT2D eigenvalue weighted by molar-refractivity contribution is 0.0383. The monoisotopic (exact) mass is 437 g/mol. The van der Waals surface area contributed by atoms with E-state index < -0.39 is 0 Å². The summed E-state index contributed by atoms with van der Waals surface area (Å²) >= 11 is 0. The second-order valence-electron chi connectivity index (χ2n) is 7.86. The topological polar surface area (TPSA) is 97.1 Å². The molecule has 2 aliphatic rings. The van der Waals surface area contributed by atoms with Gasteiger partial charge in [0.25, 0.3) is 5.91 Å². The van der Waals surface area contributed by atoms with E-state index in [0.29, 0.717) is 31.1 Å². The zero-order chi connectivity index (χ0) is 21.8. The van der Waals surface area contributed by atoms with Gasteiger partial charge in [0.05, 0.1) is 32.1 Å². The van der Waals surface area contributed by atoms with Gasteiger partial charge in [-0.25, -0.2) is 9.97 Å². The van der Waals surface area contributed by atoms with Crippen LogP contribution in [0.15, 0.2) is 36.9 Å². The van der Waals surface area contributed by atoms with E-state index in [1.807, 2.05) is 22.7 Å². The molecule has 168 valence electrons. The lowest BCUT2D eigenvalue weighted by Gasteiger charge is -2.28. The smallest absolute Gasteiger partial charge is 0.271 e. The van der Waals surface area contributed by atoms with Crippen LogP contribution in [0.2, 0.25) is 0 Å². The van der Waals surface area contributed by atoms with Gasteiger partial charge in [-0.05, 0) is 12.1 Å². The molecule has 2 fully saturated rings. The second kappa shape index (κ2) is 9.60. The van der Waals surface area contributed by atoms with Gasteiger partial charge in [0.2, 0.25) is 0 Å². The summed E-state index contributed by atoms with van der Waals surface area (Å²) in [6, 6.07) is 3.86. The minimum absolute atomic E-state index is 0.183. The number of aromatic nitrogens is 4. The molecule has 10 heteroatoms. The summed E-state index contributed by atoms with van der Waals surface area (Å²) in [6.07, 6.45) is 7.19. The Labute approximate surface area is 186 Å². The fourth-order valence-electron chi connectivity index (χ4n) is 3.98. The van der Waals surface area contributed by atoms with E-state index in [9.17, 15) is 4.79 Å². The summed E-state index contributed by atoms with van der Waals surface area (Å²) in [4.78, 5) is 31.0. The summed E-state index contributed by atoms with van der Waals surface area (Å²) in [5, 5.41) is 2.99. The van der Waals surface area contributed by atoms with E-state index in [4.69, 9.17) is 14.5 Å². The fourth-order valence-corrected chi connectivity index (χ4v) is 3.98. The van der Waals surface area contributed by atoms with Crippen molar-refractivity contribution in [3.8, 4) is 11.3 Å². The number of nitrogens with one attached hydrogen (secondary N) is 1. The number of amides is 1. The molecular weight excluding hydrogens is 410 g/mol. The first-order valence-electron chi connectivity index (χ1n) is 11.0. The number of carbonyl (C=O) groups is 1. The normalized spacial score (nSPS) is 17.6. The van der Waals surface area contributed by atoms with Crippen LogP contribution in [0, 0.1) is 0 Å². The van der Waals surface area contributed by atoms with E-state index in [2.05, 4.69) is 25.1 Å². The number of imidazole rings is 1. The zero-order valence-corrected chi connectivity index (χ0v) is 17.9. The number of rotatable bonds is 6. The number of carbonyl (C=O) groups excluding carboxylic acids is 1. The van der Waals surface area contributed by atoms with Crippen molar-refractivity contribution in [3.05, 3.63) is 42.6 Å². The molecule has 0 saturated carbocycles. The van der Waals surface area contributed by atoms with Crippen molar-refractivity contribution in [3.63, 3.8) is 0 Å². The molecule has 5 heterocycles. The van der Waals surface area contributed by atoms with Crippen LogP contribution >= 0.6 is 0 Å². The van der Waals surface area contributed by atoms with Crippen molar-refractivity contribution in [1.82, 2.24) is 29.6 Å². The molecule has 0 aromatic carbocycles. The second-order valence-corrected chi connectivity index (χ2v) is 7.86. The highest BCUT2D eigenvalue weighted by molar-refractivity contribution is 5.93. The van der Waals surface area contributed by atoms with Crippen molar-refractivity contribution in [1.29, 1.82) is 0 Å². The molecule has 0 bridgehead atoms. The Kier molecular flexibility index (Phi) is 6.24. The van der Waals surface area contributed by atoms with Crippen molar-refractivity contribution in [2.75, 3.05) is 70.6 Å². The first kappa shape index (κ1) is 20.8. The van der Waals surface area contributed by atoms with Crippen LogP contribution in [0.3, 0.4) is 0 Å². The largest absolute Gasteiger partial charge is 0.379 e. The van der Waals surface area contributed by atoms with Crippen LogP contribution in [0.1, 0.15) is 10.5 Å². The standard InChI is InChI=1S/C22H27N7O3/c30-22(24-4-5-27-6-10-31-11-7-27)19-16-29-15-18(17-2-1-3-23-14-17)25-20(21(29)26-19)28-8-12-32-13-9-28/h1-3,14-16H,4-13H2,(H,24,30). The van der Waals surface area contributed by atoms with Crippen LogP contribution in [0.5, 0.6) is 0 Å². The Morgan fingerprint density at radius 1 is 1.03 bits per heavy atom. The van der Waals surface area contributed by atoms with Gasteiger partial charge in [0.1, 0.15) is 5.69 Å². The number of nitrogens with zero attached hydrogens (tertiary/aromatic N) is 6. The highest BCUT2D eigenvalue weighted by Gasteiger charge is 2.21. The quantitative estimate of drug-likeness (QED) is 0.602. The Bertz CT molecular complexity index is 1060. The molecule has 0 radical (unpaired) electrons. The molecule has 0 atom stereocenters. The first-order valence-corrected chi connectivity index (χ1v) is 11.0. The molecule has 0 spiro atoms. The van der Waals surface area contributed by atoms with E-state index in [-0.39, 0.29) is 5.91 Å². The van der Waals surface area contributed by atoms with Crippen molar-refractivity contribution < 1.29 is 14.3 Å². The zero-order valence-electron chi connectivity index (χ0n) is 17.9. The highest BCUT2D eigenvalue weighted by atomic mass is 16.5. The van der Waals surface area contributed by atoms with Crippen LogP contribution in [-0.2, 0) is 9.47 Å². The minimum atomic E-state index is -0.183. The van der Waals surface area contributed by atoms with Crippen LogP contribution in [0.25, 0.3) is 16.9 Å². The maximum Gasteiger partial charge on any atom is 0.271 e. The average Bonchev–Trinajstić information content (AvgIpc) is 3.30. The summed E-state index contributed by atoms with van der Waals surface area (Å²) in [6.45, 7) is 7.40. The third kappa shape index (κ3) is 4.57. The molecule has 1 amide bonds. The maximum atomic E-state index is 12.8. The van der Waals surface area contributed by atoms with Gasteiger partial charge in [-0.15, -0.1) is 0 Å². The number of hydrogen-bond donors (Lipinski definition) is 1. The number of pyridine rings is 1. The lowest BCUT2D eigenvalue weighted by atomic mass is 10.2. The molecule has 0 aliphatic carbocycles. The number of ether oxygens (including phenoxy) is 2. The predicted octanol–water partition coefficient (Wildman–Crippen LogP) is 0.690. The molecule has 2 saturated heterocycles. The molecule has 1 N–H and O–H groups in total. The molecule has 5 rings (SSSR count). The first-order chi connectivity index (χ1) is 15.8. The number of fused-ring (bicyclic) bond motifs is 1. The Balaban J connectivity index is 1.40. The number of anilines is 1. The van der Waals surface area contributed by atoms with E-state index in [1.54, 1.807) is 18.6 Å². The molecule has 10 nitrogen and oxygen atoms in total. The van der Waals surface area contributed by atoms with Gasteiger partial charge in [0.15, 0.2) is 11.5 Å². The number of hydrogen-bond acceptors (Lipinski definition) is 8. The lowest BCUT2D eigenvalue weighted by Crippen LogP contribution is -2.41. The Hall–Kier alpha value is -3.08. The van der Waals surface area contributed by atoms with Crippen molar-refractivity contribution in [2.45, 2.75) is 0 Å². The molecule has 32 heavy (non-hydrogen) atoms. The third-order valence-electron chi connectivity index (χ3n) is 5.74. The summed E-state index contributed by atoms with van der Waals surface area (Å²) in [7, 11) is 0. The van der Waals surface area contributed by atoms with E-state index >= 15 is 0 Å². The van der Waals surface area contributed by atoms with E-state index in [1.165, 1.54) is 0 Å². The molecule has 3 aromatic rings. The van der Waals surface area contributed by atoms with Crippen molar-refractivity contribution in [2.24, 2.45) is 0 Å². The predicted molar refractivity (Wildman–Crippen MR) is 119 cm³/mol. The summed E-state index contributed by atoms with van der Waals surface area (Å²) in [5.41, 5.74) is 2.74. The van der Waals surface area contributed by atoms with Gasteiger partial charge >= 0.3 is 0 Å². The summed E-state index contributed by atoms with van der Waals surface area (Å²) < 4.78 is 12.8. The van der Waals surface area contributed by atoms with Gasteiger partial charge in [-0.3, -0.25) is 14.7 Å². The summed E-state index contributed by atoms with van der Waals surface area (Å²) in [5.74, 6) is 0.569. The van der Waals surface area contributed by atoms with Crippen molar-refractivity contribution >= 4 is 17.4 Å². The van der Waals surface area contributed by atoms with Gasteiger partial charge < -0.3 is 24.1 Å². The molecule has 0 unspecified atom stereocenters. The number of morpholine rings is 2. The fraction of sp³-hybridized carbons (Fsp3) is 0.455. The van der Waals surface area contributed by atoms with Gasteiger partial charge in [-0.1, -0.05) is 0 Å². The molecule has 3 aromatic heterocycles. The van der Waals surface area contributed by atoms with Gasteiger partial charge in [0, 0.05) is 69.6 Å². The van der Waals surface area contributed by atoms with Crippen LogP contribution < -0.4 is 10.2 Å². The molecule has 2 aliphatic heterocycles. The third-order valence-corrected chi connectivity index (χ3v) is 5.74. The molecular formula is C22H27N7O3. The van der Waals surface area contributed by atoms with Crippen LogP contribution in [0.4, 0.5) is 5.82 Å². The van der Waals surface area contributed by atoms with E-state index in [0.717, 1.165) is 63.0 Å². The van der Waals surface area contributed by atoms with Gasteiger partial charge in [-0.2, -0.15) is 0 Å². The van der Waals surface area contributed by atoms with Crippen LogP contribution in [-0.4, -0.2) is 95.9 Å². The maximum absolute atomic E-state index is 12.8.